The zero-order valence-corrected chi connectivity index (χ0v) is 17.7. The average molecular weight is 423 g/mol. The first kappa shape index (κ1) is 19.3. The van der Waals surface area contributed by atoms with E-state index in [2.05, 4.69) is 31.1 Å². The molecular formula is C20H18N6OS2. The monoisotopic (exact) mass is 422 g/mol. The van der Waals surface area contributed by atoms with Crippen LogP contribution in [0.1, 0.15) is 21.6 Å². The molecular weight excluding hydrogens is 404 g/mol. The highest BCUT2D eigenvalue weighted by Gasteiger charge is 2.18. The summed E-state index contributed by atoms with van der Waals surface area (Å²) in [6.45, 7) is 3.90. The molecule has 0 fully saturated rings. The summed E-state index contributed by atoms with van der Waals surface area (Å²) in [5.41, 5.74) is 4.02. The Hall–Kier alpha value is -3.04. The van der Waals surface area contributed by atoms with E-state index >= 15 is 0 Å². The maximum atomic E-state index is 12.4. The highest BCUT2D eigenvalue weighted by atomic mass is 32.2. The number of nitrogens with one attached hydrogen (secondary N) is 1. The number of thioether (sulfide) groups is 1. The molecule has 0 spiro atoms. The summed E-state index contributed by atoms with van der Waals surface area (Å²) in [5, 5.41) is 11.7. The van der Waals surface area contributed by atoms with Crippen molar-refractivity contribution in [2.45, 2.75) is 18.7 Å². The maximum Gasteiger partial charge on any atom is 0.257 e. The van der Waals surface area contributed by atoms with Crippen LogP contribution < -0.4 is 5.32 Å². The van der Waals surface area contributed by atoms with E-state index in [1.807, 2.05) is 50.4 Å². The van der Waals surface area contributed by atoms with Crippen molar-refractivity contribution in [3.8, 4) is 17.2 Å². The molecule has 0 atom stereocenters. The molecule has 0 bridgehead atoms. The van der Waals surface area contributed by atoms with Gasteiger partial charge in [-0.3, -0.25) is 10.1 Å². The summed E-state index contributed by atoms with van der Waals surface area (Å²) in [6, 6.07) is 15.4. The van der Waals surface area contributed by atoms with Gasteiger partial charge < -0.3 is 0 Å². The van der Waals surface area contributed by atoms with Crippen LogP contribution in [0.4, 0.5) is 5.13 Å². The second-order valence-electron chi connectivity index (χ2n) is 6.38. The van der Waals surface area contributed by atoms with Crippen LogP contribution in [-0.2, 0) is 0 Å². The van der Waals surface area contributed by atoms with E-state index in [1.165, 1.54) is 0 Å². The zero-order valence-electron chi connectivity index (χ0n) is 16.1. The van der Waals surface area contributed by atoms with E-state index in [4.69, 9.17) is 0 Å². The number of hydrogen-bond donors (Lipinski definition) is 1. The zero-order chi connectivity index (χ0) is 20.4. The Morgan fingerprint density at radius 2 is 1.93 bits per heavy atom. The van der Waals surface area contributed by atoms with Crippen LogP contribution in [-0.4, -0.2) is 36.5 Å². The minimum Gasteiger partial charge on any atom is -0.297 e. The Labute approximate surface area is 176 Å². The smallest absolute Gasteiger partial charge is 0.257 e. The standard InChI is InChI=1S/C20H18N6OS2/c1-12-7-9-14(10-8-12)19(27)22-20-21-18(24-29-20)17-13(2)26(25-23-17)15-5-4-6-16(11-15)28-3/h4-11H,1-3H3,(H,21,22,24,27). The number of rotatable bonds is 5. The topological polar surface area (TPSA) is 85.6 Å². The molecule has 7 nitrogen and oxygen atoms in total. The third kappa shape index (κ3) is 4.06. The molecule has 2 aromatic carbocycles. The van der Waals surface area contributed by atoms with Gasteiger partial charge >= 0.3 is 0 Å². The van der Waals surface area contributed by atoms with E-state index < -0.39 is 0 Å². The summed E-state index contributed by atoms with van der Waals surface area (Å²) in [7, 11) is 0. The largest absolute Gasteiger partial charge is 0.297 e. The Morgan fingerprint density at radius 3 is 2.69 bits per heavy atom. The van der Waals surface area contributed by atoms with Gasteiger partial charge in [0.05, 0.1) is 11.4 Å². The first-order valence-electron chi connectivity index (χ1n) is 8.84. The van der Waals surface area contributed by atoms with Gasteiger partial charge in [-0.25, -0.2) is 4.68 Å². The second kappa shape index (κ2) is 8.14. The van der Waals surface area contributed by atoms with E-state index in [9.17, 15) is 4.79 Å². The van der Waals surface area contributed by atoms with Crippen molar-refractivity contribution in [3.63, 3.8) is 0 Å². The summed E-state index contributed by atoms with van der Waals surface area (Å²) < 4.78 is 6.11. The van der Waals surface area contributed by atoms with E-state index in [-0.39, 0.29) is 5.91 Å². The lowest BCUT2D eigenvalue weighted by molar-refractivity contribution is 0.102. The SMILES string of the molecule is CSc1cccc(-n2nnc(-c3nsc(NC(=O)c4ccc(C)cc4)n3)c2C)c1. The van der Waals surface area contributed by atoms with Crippen molar-refractivity contribution in [2.24, 2.45) is 0 Å². The van der Waals surface area contributed by atoms with Crippen LogP contribution in [0, 0.1) is 13.8 Å². The molecule has 4 rings (SSSR count). The molecule has 1 N–H and O–H groups in total. The van der Waals surface area contributed by atoms with Crippen molar-refractivity contribution in [2.75, 3.05) is 11.6 Å². The van der Waals surface area contributed by atoms with Crippen LogP contribution in [0.15, 0.2) is 53.4 Å². The molecule has 146 valence electrons. The minimum atomic E-state index is -0.220. The van der Waals surface area contributed by atoms with Crippen LogP contribution in [0.25, 0.3) is 17.2 Å². The van der Waals surface area contributed by atoms with Gasteiger partial charge in [0.25, 0.3) is 5.91 Å². The molecule has 29 heavy (non-hydrogen) atoms. The highest BCUT2D eigenvalue weighted by molar-refractivity contribution is 7.98. The summed E-state index contributed by atoms with van der Waals surface area (Å²) >= 11 is 2.79. The molecule has 9 heteroatoms. The third-order valence-corrected chi connectivity index (χ3v) is 5.72. The van der Waals surface area contributed by atoms with Gasteiger partial charge in [0.15, 0.2) is 11.5 Å². The number of hydrogen-bond acceptors (Lipinski definition) is 7. The second-order valence-corrected chi connectivity index (χ2v) is 8.01. The van der Waals surface area contributed by atoms with E-state index in [0.717, 1.165) is 33.4 Å². The quantitative estimate of drug-likeness (QED) is 0.481. The normalized spacial score (nSPS) is 10.9. The van der Waals surface area contributed by atoms with Gasteiger partial charge in [0, 0.05) is 22.0 Å². The van der Waals surface area contributed by atoms with Crippen LogP contribution in [0.5, 0.6) is 0 Å². The van der Waals surface area contributed by atoms with Crippen LogP contribution in [0.2, 0.25) is 0 Å². The van der Waals surface area contributed by atoms with Crippen LogP contribution >= 0.6 is 23.3 Å². The lowest BCUT2D eigenvalue weighted by atomic mass is 10.1. The molecule has 2 aromatic heterocycles. The summed E-state index contributed by atoms with van der Waals surface area (Å²) in [6.07, 6.45) is 2.03. The van der Waals surface area contributed by atoms with Crippen molar-refractivity contribution in [3.05, 3.63) is 65.4 Å². The fourth-order valence-electron chi connectivity index (χ4n) is 2.77. The number of benzene rings is 2. The number of anilines is 1. The van der Waals surface area contributed by atoms with Crippen LogP contribution in [0.3, 0.4) is 0 Å². The number of amides is 1. The average Bonchev–Trinajstić information content (AvgIpc) is 3.34. The number of carbonyl (C=O) groups excluding carboxylic acids is 1. The van der Waals surface area contributed by atoms with Gasteiger partial charge in [-0.1, -0.05) is 29.0 Å². The lowest BCUT2D eigenvalue weighted by Crippen LogP contribution is -2.11. The van der Waals surface area contributed by atoms with E-state index in [1.54, 1.807) is 28.6 Å². The molecule has 1 amide bonds. The van der Waals surface area contributed by atoms with Gasteiger partial charge in [-0.15, -0.1) is 16.9 Å². The first-order chi connectivity index (χ1) is 14.0. The Bertz CT molecular complexity index is 1170. The summed E-state index contributed by atoms with van der Waals surface area (Å²) in [4.78, 5) is 17.9. The minimum absolute atomic E-state index is 0.220. The molecule has 2 heterocycles. The Morgan fingerprint density at radius 1 is 1.14 bits per heavy atom. The predicted octanol–water partition coefficient (Wildman–Crippen LogP) is 4.38. The van der Waals surface area contributed by atoms with Crippen molar-refractivity contribution in [1.82, 2.24) is 24.4 Å². The molecule has 0 aliphatic rings. The van der Waals surface area contributed by atoms with Gasteiger partial charge in [-0.2, -0.15) is 9.36 Å². The predicted molar refractivity (Wildman–Crippen MR) is 116 cm³/mol. The van der Waals surface area contributed by atoms with Gasteiger partial charge in [-0.05, 0) is 50.4 Å². The maximum absolute atomic E-state index is 12.4. The van der Waals surface area contributed by atoms with Gasteiger partial charge in [0.2, 0.25) is 5.13 Å². The highest BCUT2D eigenvalue weighted by Crippen LogP contribution is 2.25. The molecule has 0 unspecified atom stereocenters. The molecule has 0 aliphatic carbocycles. The number of aryl methyl sites for hydroxylation is 1. The lowest BCUT2D eigenvalue weighted by Gasteiger charge is -2.04. The number of carbonyl (C=O) groups is 1. The number of aromatic nitrogens is 5. The summed E-state index contributed by atoms with van der Waals surface area (Å²) in [5.74, 6) is 0.223. The fourth-order valence-corrected chi connectivity index (χ4v) is 3.79. The molecule has 0 aliphatic heterocycles. The molecule has 0 saturated heterocycles. The molecule has 0 radical (unpaired) electrons. The first-order valence-corrected chi connectivity index (χ1v) is 10.8. The Balaban J connectivity index is 1.56. The third-order valence-electron chi connectivity index (χ3n) is 4.36. The van der Waals surface area contributed by atoms with Crippen molar-refractivity contribution >= 4 is 34.3 Å². The Kier molecular flexibility index (Phi) is 5.41. The van der Waals surface area contributed by atoms with Crippen molar-refractivity contribution < 1.29 is 4.79 Å². The van der Waals surface area contributed by atoms with Gasteiger partial charge in [0.1, 0.15) is 0 Å². The molecule has 4 aromatic rings. The fraction of sp³-hybridized carbons (Fsp3) is 0.150. The van der Waals surface area contributed by atoms with E-state index in [0.29, 0.717) is 22.2 Å². The van der Waals surface area contributed by atoms with Crippen molar-refractivity contribution in [1.29, 1.82) is 0 Å². The molecule has 0 saturated carbocycles. The number of nitrogens with zero attached hydrogens (tertiary/aromatic N) is 5.